The number of urea groups is 1. The smallest absolute Gasteiger partial charge is 0.319 e. The summed E-state index contributed by atoms with van der Waals surface area (Å²) >= 11 is 0. The van der Waals surface area contributed by atoms with Gasteiger partial charge in [0, 0.05) is 36.0 Å². The van der Waals surface area contributed by atoms with Crippen molar-refractivity contribution in [3.05, 3.63) is 96.9 Å². The van der Waals surface area contributed by atoms with Crippen LogP contribution in [-0.4, -0.2) is 30.1 Å². The predicted molar refractivity (Wildman–Crippen MR) is 130 cm³/mol. The van der Waals surface area contributed by atoms with Crippen molar-refractivity contribution in [1.82, 2.24) is 10.3 Å². The summed E-state index contributed by atoms with van der Waals surface area (Å²) in [5.41, 5.74) is 2.90. The number of hydrogen-bond acceptors (Lipinski definition) is 5. The molecule has 0 unspecified atom stereocenters. The van der Waals surface area contributed by atoms with Crippen molar-refractivity contribution in [3.63, 3.8) is 0 Å². The minimum Gasteiger partial charge on any atom is -0.484 e. The molecule has 0 spiro atoms. The highest BCUT2D eigenvalue weighted by molar-refractivity contribution is 5.92. The van der Waals surface area contributed by atoms with E-state index in [-0.39, 0.29) is 18.5 Å². The summed E-state index contributed by atoms with van der Waals surface area (Å²) in [5.74, 6) is 0.747. The first-order chi connectivity index (χ1) is 16.7. The van der Waals surface area contributed by atoms with E-state index < -0.39 is 0 Å². The lowest BCUT2D eigenvalue weighted by Crippen LogP contribution is -2.30. The fourth-order valence-corrected chi connectivity index (χ4v) is 3.15. The number of hydrogen-bond donors (Lipinski definition) is 3. The molecule has 1 aromatic heterocycles. The molecule has 3 N–H and O–H groups in total. The minimum absolute atomic E-state index is 0.146. The number of carbonyl (C=O) groups is 2. The molecule has 8 nitrogen and oxygen atoms in total. The SMILES string of the molecule is O=C(COc1cccc(NC(=O)NCCc2coc(-c3ccccc3)n2)c1)Nc1ccccc1. The lowest BCUT2D eigenvalue weighted by Gasteiger charge is -2.10. The van der Waals surface area contributed by atoms with Gasteiger partial charge in [-0.05, 0) is 36.4 Å². The molecule has 0 aliphatic heterocycles. The van der Waals surface area contributed by atoms with Crippen LogP contribution in [0, 0.1) is 0 Å². The number of oxazole rings is 1. The largest absolute Gasteiger partial charge is 0.484 e. The Morgan fingerprint density at radius 3 is 2.38 bits per heavy atom. The summed E-state index contributed by atoms with van der Waals surface area (Å²) in [6.07, 6.45) is 2.13. The zero-order valence-corrected chi connectivity index (χ0v) is 18.4. The molecular formula is C26H24N4O4. The molecule has 34 heavy (non-hydrogen) atoms. The number of nitrogens with one attached hydrogen (secondary N) is 3. The Morgan fingerprint density at radius 2 is 1.59 bits per heavy atom. The topological polar surface area (TPSA) is 105 Å². The minimum atomic E-state index is -0.356. The molecular weight excluding hydrogens is 432 g/mol. The molecule has 0 aliphatic rings. The maximum Gasteiger partial charge on any atom is 0.319 e. The molecule has 172 valence electrons. The highest BCUT2D eigenvalue weighted by Gasteiger charge is 2.08. The van der Waals surface area contributed by atoms with Crippen molar-refractivity contribution in [2.24, 2.45) is 0 Å². The van der Waals surface area contributed by atoms with Crippen LogP contribution in [0.15, 0.2) is 95.6 Å². The van der Waals surface area contributed by atoms with Gasteiger partial charge in [-0.3, -0.25) is 4.79 Å². The van der Waals surface area contributed by atoms with E-state index in [1.165, 1.54) is 0 Å². The number of nitrogens with zero attached hydrogens (tertiary/aromatic N) is 1. The van der Waals surface area contributed by atoms with Crippen LogP contribution in [-0.2, 0) is 11.2 Å². The van der Waals surface area contributed by atoms with Gasteiger partial charge in [0.2, 0.25) is 5.89 Å². The fourth-order valence-electron chi connectivity index (χ4n) is 3.15. The van der Waals surface area contributed by atoms with E-state index in [1.54, 1.807) is 42.7 Å². The van der Waals surface area contributed by atoms with Gasteiger partial charge in [0.1, 0.15) is 12.0 Å². The second kappa shape index (κ2) is 11.3. The van der Waals surface area contributed by atoms with Crippen molar-refractivity contribution in [2.75, 3.05) is 23.8 Å². The number of amides is 3. The highest BCUT2D eigenvalue weighted by Crippen LogP contribution is 2.19. The molecule has 4 aromatic rings. The second-order valence-corrected chi connectivity index (χ2v) is 7.37. The average Bonchev–Trinajstić information content (AvgIpc) is 3.33. The molecule has 3 amide bonds. The van der Waals surface area contributed by atoms with Crippen LogP contribution in [0.3, 0.4) is 0 Å². The summed E-state index contributed by atoms with van der Waals surface area (Å²) in [6.45, 7) is 0.246. The zero-order valence-electron chi connectivity index (χ0n) is 18.4. The summed E-state index contributed by atoms with van der Waals surface area (Å²) in [7, 11) is 0. The maximum atomic E-state index is 12.2. The van der Waals surface area contributed by atoms with Crippen LogP contribution in [0.5, 0.6) is 5.75 Å². The molecule has 3 aromatic carbocycles. The van der Waals surface area contributed by atoms with Gasteiger partial charge in [0.25, 0.3) is 5.91 Å². The van der Waals surface area contributed by atoms with Crippen molar-refractivity contribution in [3.8, 4) is 17.2 Å². The first-order valence-corrected chi connectivity index (χ1v) is 10.8. The summed E-state index contributed by atoms with van der Waals surface area (Å²) in [4.78, 5) is 28.7. The molecule has 0 saturated carbocycles. The Kier molecular flexibility index (Phi) is 7.53. The maximum absolute atomic E-state index is 12.2. The number of rotatable bonds is 9. The van der Waals surface area contributed by atoms with Gasteiger partial charge in [0.05, 0.1) is 5.69 Å². The standard InChI is InChI=1S/C26H24N4O4/c31-24(28-20-10-5-2-6-11-20)18-33-23-13-7-12-21(16-23)30-26(32)27-15-14-22-17-34-25(29-22)19-8-3-1-4-9-19/h1-13,16-17H,14-15,18H2,(H,28,31)(H2,27,30,32). The number of benzene rings is 3. The first-order valence-electron chi connectivity index (χ1n) is 10.8. The predicted octanol–water partition coefficient (Wildman–Crippen LogP) is 4.72. The van der Waals surface area contributed by atoms with E-state index >= 15 is 0 Å². The van der Waals surface area contributed by atoms with Crippen LogP contribution < -0.4 is 20.7 Å². The molecule has 0 atom stereocenters. The molecule has 8 heteroatoms. The van der Waals surface area contributed by atoms with E-state index in [9.17, 15) is 9.59 Å². The molecule has 0 aliphatic carbocycles. The number of ether oxygens (including phenoxy) is 1. The Bertz CT molecular complexity index is 1230. The molecule has 0 fully saturated rings. The van der Waals surface area contributed by atoms with Crippen LogP contribution in [0.4, 0.5) is 16.2 Å². The molecule has 0 saturated heterocycles. The van der Waals surface area contributed by atoms with E-state index in [0.29, 0.717) is 36.0 Å². The van der Waals surface area contributed by atoms with E-state index in [0.717, 1.165) is 11.3 Å². The number of aromatic nitrogens is 1. The van der Waals surface area contributed by atoms with Crippen LogP contribution >= 0.6 is 0 Å². The molecule has 4 rings (SSSR count). The Morgan fingerprint density at radius 1 is 0.853 bits per heavy atom. The quantitative estimate of drug-likeness (QED) is 0.338. The van der Waals surface area contributed by atoms with Gasteiger partial charge < -0.3 is 25.1 Å². The van der Waals surface area contributed by atoms with Gasteiger partial charge in [-0.2, -0.15) is 0 Å². The van der Waals surface area contributed by atoms with Crippen LogP contribution in [0.2, 0.25) is 0 Å². The third-order valence-electron chi connectivity index (χ3n) is 4.76. The van der Waals surface area contributed by atoms with Crippen LogP contribution in [0.25, 0.3) is 11.5 Å². The molecule has 0 bridgehead atoms. The van der Waals surface area contributed by atoms with Gasteiger partial charge in [-0.1, -0.05) is 42.5 Å². The normalized spacial score (nSPS) is 10.4. The van der Waals surface area contributed by atoms with Gasteiger partial charge in [-0.25, -0.2) is 9.78 Å². The number of carbonyl (C=O) groups excluding carboxylic acids is 2. The van der Waals surface area contributed by atoms with Gasteiger partial charge in [-0.15, -0.1) is 0 Å². The average molecular weight is 457 g/mol. The van der Waals surface area contributed by atoms with E-state index in [2.05, 4.69) is 20.9 Å². The Labute approximate surface area is 197 Å². The summed E-state index contributed by atoms with van der Waals surface area (Å²) in [6, 6.07) is 25.3. The van der Waals surface area contributed by atoms with Gasteiger partial charge in [0.15, 0.2) is 6.61 Å². The van der Waals surface area contributed by atoms with Crippen LogP contribution in [0.1, 0.15) is 5.69 Å². The lowest BCUT2D eigenvalue weighted by molar-refractivity contribution is -0.118. The second-order valence-electron chi connectivity index (χ2n) is 7.37. The third kappa shape index (κ3) is 6.70. The third-order valence-corrected chi connectivity index (χ3v) is 4.76. The monoisotopic (exact) mass is 456 g/mol. The number of para-hydroxylation sites is 1. The Balaban J connectivity index is 1.20. The lowest BCUT2D eigenvalue weighted by atomic mass is 10.2. The Hall–Kier alpha value is -4.59. The molecule has 1 heterocycles. The van der Waals surface area contributed by atoms with E-state index in [4.69, 9.17) is 9.15 Å². The zero-order chi connectivity index (χ0) is 23.6. The summed E-state index contributed by atoms with van der Waals surface area (Å²) in [5, 5.41) is 8.29. The van der Waals surface area contributed by atoms with E-state index in [1.807, 2.05) is 48.5 Å². The highest BCUT2D eigenvalue weighted by atomic mass is 16.5. The first kappa shape index (κ1) is 22.6. The number of anilines is 2. The van der Waals surface area contributed by atoms with Crippen molar-refractivity contribution in [2.45, 2.75) is 6.42 Å². The fraction of sp³-hybridized carbons (Fsp3) is 0.115. The van der Waals surface area contributed by atoms with Gasteiger partial charge >= 0.3 is 6.03 Å². The summed E-state index contributed by atoms with van der Waals surface area (Å²) < 4.78 is 11.0. The van der Waals surface area contributed by atoms with Crippen molar-refractivity contribution >= 4 is 23.3 Å². The van der Waals surface area contributed by atoms with Crippen molar-refractivity contribution < 1.29 is 18.7 Å². The molecule has 0 radical (unpaired) electrons. The van der Waals surface area contributed by atoms with Crippen molar-refractivity contribution in [1.29, 1.82) is 0 Å².